The van der Waals surface area contributed by atoms with Gasteiger partial charge in [-0.2, -0.15) is 0 Å². The van der Waals surface area contributed by atoms with Crippen molar-refractivity contribution < 1.29 is 9.90 Å². The Bertz CT molecular complexity index is 56.3. The van der Waals surface area contributed by atoms with Gasteiger partial charge in [0.1, 0.15) is 0 Å². The lowest BCUT2D eigenvalue weighted by molar-refractivity contribution is 0.205. The molecule has 0 aromatic carbocycles. The average Bonchev–Trinajstić information content (AvgIpc) is 1.25. The highest BCUT2D eigenvalue weighted by Gasteiger charge is 1.67. The summed E-state index contributed by atoms with van der Waals surface area (Å²) >= 11 is 0. The zero-order valence-electron chi connectivity index (χ0n) is 5.09. The lowest BCUT2D eigenvalue weighted by atomic mass is 10.5. The highest BCUT2D eigenvalue weighted by Crippen LogP contribution is 1.58. The largest absolute Gasteiger partial charge is 0.465 e. The Morgan fingerprint density at radius 2 is 1.62 bits per heavy atom. The number of primary amides is 1. The van der Waals surface area contributed by atoms with Crippen LogP contribution in [0.4, 0.5) is 4.79 Å². The number of hydrogen-bond acceptors (Lipinski definition) is 2. The fraction of sp³-hybridized carbons (Fsp3) is 0.750. The maximum absolute atomic E-state index is 8.78. The molecule has 0 saturated carbocycles. The highest BCUT2D eigenvalue weighted by molar-refractivity contribution is 5.61. The van der Waals surface area contributed by atoms with Crippen molar-refractivity contribution >= 4 is 6.09 Å². The van der Waals surface area contributed by atoms with Gasteiger partial charge < -0.3 is 16.6 Å². The molecule has 0 aliphatic rings. The second kappa shape index (κ2) is 6.23. The fourth-order valence-electron chi connectivity index (χ4n) is 0. The van der Waals surface area contributed by atoms with E-state index in [4.69, 9.17) is 15.6 Å². The average molecular weight is 120 g/mol. The van der Waals surface area contributed by atoms with Gasteiger partial charge >= 0.3 is 6.09 Å². The van der Waals surface area contributed by atoms with E-state index >= 15 is 0 Å². The smallest absolute Gasteiger partial charge is 0.402 e. The molecule has 0 spiro atoms. The molecule has 0 unspecified atom stereocenters. The van der Waals surface area contributed by atoms with Crippen LogP contribution in [-0.2, 0) is 0 Å². The maximum atomic E-state index is 8.78. The van der Waals surface area contributed by atoms with Crippen LogP contribution in [-0.4, -0.2) is 17.2 Å². The lowest BCUT2D eigenvalue weighted by Crippen LogP contribution is -2.06. The Balaban J connectivity index is 0. The maximum Gasteiger partial charge on any atom is 0.402 e. The van der Waals surface area contributed by atoms with Crippen LogP contribution >= 0.6 is 0 Å². The van der Waals surface area contributed by atoms with E-state index in [9.17, 15) is 0 Å². The first-order chi connectivity index (χ1) is 3.46. The summed E-state index contributed by atoms with van der Waals surface area (Å²) in [5.41, 5.74) is 9.14. The van der Waals surface area contributed by atoms with Crippen molar-refractivity contribution in [3.63, 3.8) is 0 Å². The standard InChI is InChI=1S/C3H9N.CH3NO2/c1-3(2)4;2-1(3)4/h3H,4H2,1-2H3;2H2,(H,3,4). The second-order valence-corrected chi connectivity index (χ2v) is 1.58. The van der Waals surface area contributed by atoms with Crippen LogP contribution in [0.25, 0.3) is 0 Å². The minimum Gasteiger partial charge on any atom is -0.465 e. The minimum atomic E-state index is -1.33. The molecule has 0 rings (SSSR count). The zero-order valence-corrected chi connectivity index (χ0v) is 5.09. The SMILES string of the molecule is CC(C)N.NC(=O)O. The molecule has 0 atom stereocenters. The Hall–Kier alpha value is -0.770. The van der Waals surface area contributed by atoms with Crippen molar-refractivity contribution in [2.45, 2.75) is 19.9 Å². The number of amides is 1. The first-order valence-corrected chi connectivity index (χ1v) is 2.20. The van der Waals surface area contributed by atoms with Gasteiger partial charge in [-0.3, -0.25) is 0 Å². The van der Waals surface area contributed by atoms with Crippen molar-refractivity contribution in [3.8, 4) is 0 Å². The van der Waals surface area contributed by atoms with E-state index in [0.29, 0.717) is 6.04 Å². The summed E-state index contributed by atoms with van der Waals surface area (Å²) in [4.78, 5) is 8.78. The van der Waals surface area contributed by atoms with Crippen LogP contribution in [0.15, 0.2) is 0 Å². The van der Waals surface area contributed by atoms with Gasteiger partial charge in [0.25, 0.3) is 0 Å². The summed E-state index contributed by atoms with van der Waals surface area (Å²) in [5.74, 6) is 0. The second-order valence-electron chi connectivity index (χ2n) is 1.58. The normalized spacial score (nSPS) is 7.50. The summed E-state index contributed by atoms with van der Waals surface area (Å²) in [7, 11) is 0. The van der Waals surface area contributed by atoms with E-state index in [1.54, 1.807) is 0 Å². The topological polar surface area (TPSA) is 89.3 Å². The predicted octanol–water partition coefficient (Wildman–Crippen LogP) is -0.0234. The molecule has 0 aliphatic carbocycles. The van der Waals surface area contributed by atoms with Gasteiger partial charge in [-0.15, -0.1) is 0 Å². The number of carbonyl (C=O) groups is 1. The van der Waals surface area contributed by atoms with E-state index in [1.807, 2.05) is 13.8 Å². The minimum absolute atomic E-state index is 0.333. The number of nitrogens with two attached hydrogens (primary N) is 2. The van der Waals surface area contributed by atoms with E-state index in [1.165, 1.54) is 0 Å². The molecule has 5 N–H and O–H groups in total. The van der Waals surface area contributed by atoms with Crippen LogP contribution in [0.3, 0.4) is 0 Å². The molecular formula is C4H12N2O2. The molecule has 0 saturated heterocycles. The molecule has 0 aliphatic heterocycles. The predicted molar refractivity (Wildman–Crippen MR) is 31.5 cm³/mol. The molecule has 0 aromatic heterocycles. The first-order valence-electron chi connectivity index (χ1n) is 2.20. The molecule has 50 valence electrons. The number of carboxylic acid groups (broad SMARTS) is 1. The van der Waals surface area contributed by atoms with Gasteiger partial charge in [0.15, 0.2) is 0 Å². The third-order valence-corrected chi connectivity index (χ3v) is 0. The Kier molecular flexibility index (Phi) is 7.99. The van der Waals surface area contributed by atoms with Gasteiger partial charge in [-0.1, -0.05) is 13.8 Å². The molecule has 4 heteroatoms. The highest BCUT2D eigenvalue weighted by atomic mass is 16.4. The van der Waals surface area contributed by atoms with Gasteiger partial charge in [0.05, 0.1) is 0 Å². The Morgan fingerprint density at radius 3 is 1.62 bits per heavy atom. The lowest BCUT2D eigenvalue weighted by Gasteiger charge is -1.81. The molecule has 0 heterocycles. The van der Waals surface area contributed by atoms with E-state index < -0.39 is 6.09 Å². The van der Waals surface area contributed by atoms with Crippen LogP contribution < -0.4 is 11.5 Å². The molecule has 0 radical (unpaired) electrons. The summed E-state index contributed by atoms with van der Waals surface area (Å²) in [5, 5.41) is 7.19. The fourth-order valence-corrected chi connectivity index (χ4v) is 0. The van der Waals surface area contributed by atoms with Gasteiger partial charge in [0, 0.05) is 0 Å². The van der Waals surface area contributed by atoms with Crippen molar-refractivity contribution in [1.82, 2.24) is 0 Å². The third kappa shape index (κ3) is 158. The van der Waals surface area contributed by atoms with Crippen molar-refractivity contribution in [2.24, 2.45) is 11.5 Å². The molecule has 1 amide bonds. The monoisotopic (exact) mass is 120 g/mol. The summed E-state index contributed by atoms with van der Waals surface area (Å²) in [6.45, 7) is 3.89. The third-order valence-electron chi connectivity index (χ3n) is 0. The van der Waals surface area contributed by atoms with Crippen LogP contribution in [0, 0.1) is 0 Å². The molecular weight excluding hydrogens is 108 g/mol. The first kappa shape index (κ1) is 10.3. The molecule has 8 heavy (non-hydrogen) atoms. The molecule has 0 aromatic rings. The number of hydrogen-bond donors (Lipinski definition) is 3. The number of rotatable bonds is 0. The molecule has 0 bridgehead atoms. The molecule has 4 nitrogen and oxygen atoms in total. The van der Waals surface area contributed by atoms with Crippen LogP contribution in [0.5, 0.6) is 0 Å². The van der Waals surface area contributed by atoms with Crippen LogP contribution in [0.2, 0.25) is 0 Å². The van der Waals surface area contributed by atoms with Crippen LogP contribution in [0.1, 0.15) is 13.8 Å². The summed E-state index contributed by atoms with van der Waals surface area (Å²) < 4.78 is 0. The molecule has 0 fully saturated rings. The quantitative estimate of drug-likeness (QED) is 0.419. The Morgan fingerprint density at radius 1 is 1.62 bits per heavy atom. The van der Waals surface area contributed by atoms with E-state index in [2.05, 4.69) is 5.73 Å². The Labute approximate surface area is 48.5 Å². The van der Waals surface area contributed by atoms with Gasteiger partial charge in [0.2, 0.25) is 0 Å². The van der Waals surface area contributed by atoms with Crippen molar-refractivity contribution in [2.75, 3.05) is 0 Å². The summed E-state index contributed by atoms with van der Waals surface area (Å²) in [6.07, 6.45) is -1.33. The van der Waals surface area contributed by atoms with Gasteiger partial charge in [-0.25, -0.2) is 4.79 Å². The van der Waals surface area contributed by atoms with Crippen molar-refractivity contribution in [1.29, 1.82) is 0 Å². The summed E-state index contributed by atoms with van der Waals surface area (Å²) in [6, 6.07) is 0.333. The van der Waals surface area contributed by atoms with Crippen molar-refractivity contribution in [3.05, 3.63) is 0 Å². The van der Waals surface area contributed by atoms with Gasteiger partial charge in [-0.05, 0) is 6.04 Å². The zero-order chi connectivity index (χ0) is 7.15. The van der Waals surface area contributed by atoms with E-state index in [-0.39, 0.29) is 0 Å². The van der Waals surface area contributed by atoms with E-state index in [0.717, 1.165) is 0 Å².